The van der Waals surface area contributed by atoms with Gasteiger partial charge in [-0.05, 0) is 49.3 Å². The summed E-state index contributed by atoms with van der Waals surface area (Å²) in [6.07, 6.45) is 4.44. The van der Waals surface area contributed by atoms with Gasteiger partial charge >= 0.3 is 0 Å². The summed E-state index contributed by atoms with van der Waals surface area (Å²) in [6, 6.07) is 14.6. The van der Waals surface area contributed by atoms with E-state index >= 15 is 0 Å². The SMILES string of the molecule is Cc1ccc(C)c(CC(=O)c2ccc(C3CCC3)cc2)c1. The Bertz CT molecular complexity index is 648. The first-order valence-corrected chi connectivity index (χ1v) is 7.83. The lowest BCUT2D eigenvalue weighted by atomic mass is 9.80. The normalized spacial score (nSPS) is 14.8. The number of carbonyl (C=O) groups is 1. The van der Waals surface area contributed by atoms with E-state index in [1.165, 1.54) is 36.0 Å². The van der Waals surface area contributed by atoms with Crippen molar-refractivity contribution in [2.45, 2.75) is 45.4 Å². The third-order valence-electron chi connectivity index (χ3n) is 4.66. The van der Waals surface area contributed by atoms with Gasteiger partial charge in [0, 0.05) is 12.0 Å². The molecule has 0 atom stereocenters. The molecule has 1 heteroatoms. The number of hydrogen-bond donors (Lipinski definition) is 0. The first kappa shape index (κ1) is 14.1. The maximum Gasteiger partial charge on any atom is 0.167 e. The zero-order valence-electron chi connectivity index (χ0n) is 12.9. The summed E-state index contributed by atoms with van der Waals surface area (Å²) in [5.41, 5.74) is 5.77. The zero-order chi connectivity index (χ0) is 14.8. The maximum atomic E-state index is 12.4. The van der Waals surface area contributed by atoms with Gasteiger partial charge in [-0.2, -0.15) is 0 Å². The van der Waals surface area contributed by atoms with E-state index in [1.54, 1.807) is 0 Å². The second-order valence-corrected chi connectivity index (χ2v) is 6.28. The standard InChI is InChI=1S/C20H22O/c1-14-6-7-15(2)19(12-14)13-20(21)18-10-8-17(9-11-18)16-4-3-5-16/h6-12,16H,3-5,13H2,1-2H3. The fraction of sp³-hybridized carbons (Fsp3) is 0.350. The number of carbonyl (C=O) groups excluding carboxylic acids is 1. The van der Waals surface area contributed by atoms with E-state index < -0.39 is 0 Å². The topological polar surface area (TPSA) is 17.1 Å². The Labute approximate surface area is 127 Å². The van der Waals surface area contributed by atoms with Gasteiger partial charge in [0.15, 0.2) is 5.78 Å². The predicted molar refractivity (Wildman–Crippen MR) is 87.0 cm³/mol. The number of rotatable bonds is 4. The lowest BCUT2D eigenvalue weighted by Gasteiger charge is -2.25. The molecule has 3 rings (SSSR count). The van der Waals surface area contributed by atoms with Gasteiger partial charge in [-0.3, -0.25) is 4.79 Å². The van der Waals surface area contributed by atoms with Crippen LogP contribution in [0.4, 0.5) is 0 Å². The molecule has 2 aromatic carbocycles. The van der Waals surface area contributed by atoms with Crippen molar-refractivity contribution in [2.24, 2.45) is 0 Å². The number of ketones is 1. The minimum absolute atomic E-state index is 0.212. The zero-order valence-corrected chi connectivity index (χ0v) is 12.9. The van der Waals surface area contributed by atoms with E-state index in [9.17, 15) is 4.79 Å². The molecular formula is C20H22O. The van der Waals surface area contributed by atoms with Gasteiger partial charge < -0.3 is 0 Å². The summed E-state index contributed by atoms with van der Waals surface area (Å²) in [6.45, 7) is 4.14. The fourth-order valence-electron chi connectivity index (χ4n) is 2.95. The van der Waals surface area contributed by atoms with Gasteiger partial charge in [-0.25, -0.2) is 0 Å². The van der Waals surface area contributed by atoms with E-state index in [-0.39, 0.29) is 5.78 Å². The van der Waals surface area contributed by atoms with Crippen molar-refractivity contribution in [3.8, 4) is 0 Å². The Hall–Kier alpha value is -1.89. The maximum absolute atomic E-state index is 12.4. The van der Waals surface area contributed by atoms with Crippen LogP contribution in [0.15, 0.2) is 42.5 Å². The molecule has 0 heterocycles. The molecule has 0 radical (unpaired) electrons. The molecule has 0 amide bonds. The van der Waals surface area contributed by atoms with Crippen LogP contribution in [-0.4, -0.2) is 5.78 Å². The molecule has 0 aliphatic heterocycles. The van der Waals surface area contributed by atoms with E-state index in [1.807, 2.05) is 12.1 Å². The van der Waals surface area contributed by atoms with Gasteiger partial charge in [-0.1, -0.05) is 54.4 Å². The number of hydrogen-bond acceptors (Lipinski definition) is 1. The van der Waals surface area contributed by atoms with E-state index in [2.05, 4.69) is 44.2 Å². The Morgan fingerprint density at radius 2 is 1.76 bits per heavy atom. The van der Waals surface area contributed by atoms with Crippen molar-refractivity contribution in [3.05, 3.63) is 70.3 Å². The lowest BCUT2D eigenvalue weighted by Crippen LogP contribution is -2.09. The van der Waals surface area contributed by atoms with Crippen molar-refractivity contribution in [1.82, 2.24) is 0 Å². The minimum Gasteiger partial charge on any atom is -0.294 e. The van der Waals surface area contributed by atoms with Crippen LogP contribution >= 0.6 is 0 Å². The van der Waals surface area contributed by atoms with Crippen LogP contribution in [0.3, 0.4) is 0 Å². The van der Waals surface area contributed by atoms with Crippen LogP contribution in [0.1, 0.15) is 57.8 Å². The average molecular weight is 278 g/mol. The molecule has 2 aromatic rings. The van der Waals surface area contributed by atoms with Crippen LogP contribution in [0.5, 0.6) is 0 Å². The number of aryl methyl sites for hydroxylation is 2. The molecule has 1 aliphatic carbocycles. The molecule has 0 saturated heterocycles. The van der Waals surface area contributed by atoms with Crippen molar-refractivity contribution in [3.63, 3.8) is 0 Å². The van der Waals surface area contributed by atoms with Gasteiger partial charge in [-0.15, -0.1) is 0 Å². The second kappa shape index (κ2) is 5.85. The van der Waals surface area contributed by atoms with Crippen molar-refractivity contribution in [1.29, 1.82) is 0 Å². The van der Waals surface area contributed by atoms with Gasteiger partial charge in [0.2, 0.25) is 0 Å². The summed E-state index contributed by atoms with van der Waals surface area (Å²) in [5, 5.41) is 0. The summed E-state index contributed by atoms with van der Waals surface area (Å²) < 4.78 is 0. The molecule has 0 N–H and O–H groups in total. The van der Waals surface area contributed by atoms with E-state index in [0.29, 0.717) is 6.42 Å². The lowest BCUT2D eigenvalue weighted by molar-refractivity contribution is 0.0992. The molecule has 1 aliphatic rings. The predicted octanol–water partition coefficient (Wildman–Crippen LogP) is 5.00. The van der Waals surface area contributed by atoms with E-state index in [0.717, 1.165) is 17.0 Å². The quantitative estimate of drug-likeness (QED) is 0.719. The number of benzene rings is 2. The average Bonchev–Trinajstić information content (AvgIpc) is 2.42. The Kier molecular flexibility index (Phi) is 3.92. The van der Waals surface area contributed by atoms with Gasteiger partial charge in [0.1, 0.15) is 0 Å². The second-order valence-electron chi connectivity index (χ2n) is 6.28. The largest absolute Gasteiger partial charge is 0.294 e. The highest BCUT2D eigenvalue weighted by Crippen LogP contribution is 2.36. The molecular weight excluding hydrogens is 256 g/mol. The smallest absolute Gasteiger partial charge is 0.167 e. The molecule has 0 bridgehead atoms. The summed E-state index contributed by atoms with van der Waals surface area (Å²) in [7, 11) is 0. The summed E-state index contributed by atoms with van der Waals surface area (Å²) >= 11 is 0. The highest BCUT2D eigenvalue weighted by atomic mass is 16.1. The monoisotopic (exact) mass is 278 g/mol. The minimum atomic E-state index is 0.212. The van der Waals surface area contributed by atoms with Crippen LogP contribution in [0.2, 0.25) is 0 Å². The first-order chi connectivity index (χ1) is 10.1. The third kappa shape index (κ3) is 3.07. The first-order valence-electron chi connectivity index (χ1n) is 7.83. The van der Waals surface area contributed by atoms with Gasteiger partial charge in [0.25, 0.3) is 0 Å². The van der Waals surface area contributed by atoms with Crippen molar-refractivity contribution < 1.29 is 4.79 Å². The van der Waals surface area contributed by atoms with Crippen LogP contribution in [0, 0.1) is 13.8 Å². The van der Waals surface area contributed by atoms with Crippen LogP contribution in [0.25, 0.3) is 0 Å². The molecule has 108 valence electrons. The summed E-state index contributed by atoms with van der Waals surface area (Å²) in [5.74, 6) is 0.942. The molecule has 1 saturated carbocycles. The molecule has 0 aromatic heterocycles. The fourth-order valence-corrected chi connectivity index (χ4v) is 2.95. The van der Waals surface area contributed by atoms with E-state index in [4.69, 9.17) is 0 Å². The molecule has 1 fully saturated rings. The molecule has 0 spiro atoms. The van der Waals surface area contributed by atoms with Crippen molar-refractivity contribution in [2.75, 3.05) is 0 Å². The van der Waals surface area contributed by atoms with Gasteiger partial charge in [0.05, 0.1) is 0 Å². The Morgan fingerprint density at radius 1 is 1.05 bits per heavy atom. The Morgan fingerprint density at radius 3 is 2.38 bits per heavy atom. The molecule has 0 unspecified atom stereocenters. The number of Topliss-reactive ketones (excluding diaryl/α,β-unsaturated/α-hetero) is 1. The van der Waals surface area contributed by atoms with Crippen molar-refractivity contribution >= 4 is 5.78 Å². The molecule has 1 nitrogen and oxygen atoms in total. The Balaban J connectivity index is 1.74. The third-order valence-corrected chi connectivity index (χ3v) is 4.66. The van der Waals surface area contributed by atoms with Crippen LogP contribution < -0.4 is 0 Å². The highest BCUT2D eigenvalue weighted by Gasteiger charge is 2.19. The molecule has 21 heavy (non-hydrogen) atoms. The summed E-state index contributed by atoms with van der Waals surface area (Å²) in [4.78, 5) is 12.4. The van der Waals surface area contributed by atoms with Crippen LogP contribution in [-0.2, 0) is 6.42 Å². The highest BCUT2D eigenvalue weighted by molar-refractivity contribution is 5.97.